The molecule has 0 radical (unpaired) electrons. The molecule has 1 aliphatic heterocycles. The molecule has 2 heterocycles. The number of ether oxygens (including phenoxy) is 2. The first-order valence-electron chi connectivity index (χ1n) is 12.0. The van der Waals surface area contributed by atoms with Crippen molar-refractivity contribution in [2.75, 3.05) is 29.5 Å². The minimum atomic E-state index is -0.286. The summed E-state index contributed by atoms with van der Waals surface area (Å²) in [4.78, 5) is 30.1. The molecular weight excluding hydrogens is 519 g/mol. The van der Waals surface area contributed by atoms with Crippen LogP contribution in [0.15, 0.2) is 47.8 Å². The SMILES string of the molecule is CCOC(=O)CCc1cc(Cl)c(Oc2ccsc2C(=O)N2CCN(C3CC3)c3ccccc32)cc1Cl. The Hall–Kier alpha value is -2.74. The molecule has 36 heavy (non-hydrogen) atoms. The number of thiophene rings is 1. The summed E-state index contributed by atoms with van der Waals surface area (Å²) < 4.78 is 11.1. The molecule has 6 nitrogen and oxygen atoms in total. The van der Waals surface area contributed by atoms with Gasteiger partial charge in [0.1, 0.15) is 10.6 Å². The Kier molecular flexibility index (Phi) is 7.42. The number of fused-ring (bicyclic) bond motifs is 1. The molecule has 1 aliphatic carbocycles. The van der Waals surface area contributed by atoms with E-state index in [1.165, 1.54) is 24.2 Å². The van der Waals surface area contributed by atoms with Crippen molar-refractivity contribution in [3.05, 3.63) is 68.3 Å². The number of carbonyl (C=O) groups is 2. The van der Waals surface area contributed by atoms with Crippen LogP contribution in [0.25, 0.3) is 0 Å². The van der Waals surface area contributed by atoms with Crippen LogP contribution in [0.4, 0.5) is 11.4 Å². The molecule has 0 saturated heterocycles. The number of benzene rings is 2. The van der Waals surface area contributed by atoms with Crippen LogP contribution in [0, 0.1) is 0 Å². The summed E-state index contributed by atoms with van der Waals surface area (Å²) in [5, 5.41) is 2.62. The number of hydrogen-bond acceptors (Lipinski definition) is 6. The van der Waals surface area contributed by atoms with E-state index in [1.54, 1.807) is 25.1 Å². The molecule has 0 spiro atoms. The van der Waals surface area contributed by atoms with Gasteiger partial charge in [-0.25, -0.2) is 0 Å². The van der Waals surface area contributed by atoms with E-state index >= 15 is 0 Å². The second-order valence-electron chi connectivity index (χ2n) is 8.77. The molecule has 9 heteroatoms. The van der Waals surface area contributed by atoms with Gasteiger partial charge in [0.05, 0.1) is 23.0 Å². The minimum absolute atomic E-state index is 0.101. The highest BCUT2D eigenvalue weighted by Crippen LogP contribution is 2.42. The Balaban J connectivity index is 1.34. The maximum atomic E-state index is 13.7. The summed E-state index contributed by atoms with van der Waals surface area (Å²) in [6.07, 6.45) is 3.03. The molecular formula is C27H26Cl2N2O4S. The van der Waals surface area contributed by atoms with Gasteiger partial charge in [0.15, 0.2) is 5.75 Å². The van der Waals surface area contributed by atoms with Crippen LogP contribution in [0.5, 0.6) is 11.5 Å². The third-order valence-electron chi connectivity index (χ3n) is 6.33. The Labute approximate surface area is 224 Å². The van der Waals surface area contributed by atoms with Gasteiger partial charge in [-0.3, -0.25) is 9.59 Å². The molecule has 2 aromatic carbocycles. The maximum Gasteiger partial charge on any atom is 0.306 e. The maximum absolute atomic E-state index is 13.7. The van der Waals surface area contributed by atoms with Crippen LogP contribution in [0.2, 0.25) is 10.0 Å². The lowest BCUT2D eigenvalue weighted by molar-refractivity contribution is -0.143. The molecule has 1 fully saturated rings. The van der Waals surface area contributed by atoms with Gasteiger partial charge < -0.3 is 19.3 Å². The smallest absolute Gasteiger partial charge is 0.306 e. The van der Waals surface area contributed by atoms with Gasteiger partial charge in [-0.2, -0.15) is 0 Å². The largest absolute Gasteiger partial charge is 0.466 e. The van der Waals surface area contributed by atoms with Crippen LogP contribution < -0.4 is 14.5 Å². The van der Waals surface area contributed by atoms with Gasteiger partial charge in [0, 0.05) is 36.6 Å². The zero-order valence-corrected chi connectivity index (χ0v) is 22.2. The van der Waals surface area contributed by atoms with E-state index in [0.29, 0.717) is 52.0 Å². The fourth-order valence-electron chi connectivity index (χ4n) is 4.44. The number of anilines is 2. The van der Waals surface area contributed by atoms with E-state index in [9.17, 15) is 9.59 Å². The highest BCUT2D eigenvalue weighted by molar-refractivity contribution is 7.12. The Morgan fingerprint density at radius 3 is 2.56 bits per heavy atom. The molecule has 0 bridgehead atoms. The standard InChI is InChI=1S/C27H26Cl2N2O4S/c1-2-34-25(32)10-7-17-15-20(29)24(16-19(17)28)35-23-11-14-36-26(23)27(33)31-13-12-30(18-8-9-18)21-5-3-4-6-22(21)31/h3-6,11,14-16,18H,2,7-10,12-13H2,1H3. The lowest BCUT2D eigenvalue weighted by Crippen LogP contribution is -2.44. The predicted molar refractivity (Wildman–Crippen MR) is 144 cm³/mol. The van der Waals surface area contributed by atoms with Crippen molar-refractivity contribution in [3.63, 3.8) is 0 Å². The highest BCUT2D eigenvalue weighted by atomic mass is 35.5. The van der Waals surface area contributed by atoms with Crippen molar-refractivity contribution in [2.45, 2.75) is 38.6 Å². The average Bonchev–Trinajstić information content (AvgIpc) is 3.62. The third-order valence-corrected chi connectivity index (χ3v) is 7.86. The van der Waals surface area contributed by atoms with Crippen LogP contribution in [-0.2, 0) is 16.0 Å². The van der Waals surface area contributed by atoms with Crippen molar-refractivity contribution in [1.82, 2.24) is 0 Å². The average molecular weight is 545 g/mol. The number of aryl methyl sites for hydroxylation is 1. The van der Waals surface area contributed by atoms with Crippen LogP contribution in [-0.4, -0.2) is 37.6 Å². The molecule has 1 amide bonds. The zero-order chi connectivity index (χ0) is 25.2. The first kappa shape index (κ1) is 24.9. The third kappa shape index (κ3) is 5.19. The number of nitrogens with zero attached hydrogens (tertiary/aromatic N) is 2. The number of esters is 1. The Morgan fingerprint density at radius 2 is 1.81 bits per heavy atom. The van der Waals surface area contributed by atoms with Crippen LogP contribution in [0.1, 0.15) is 41.4 Å². The van der Waals surface area contributed by atoms with Crippen molar-refractivity contribution >= 4 is 57.8 Å². The normalized spacial score (nSPS) is 15.0. The fraction of sp³-hybridized carbons (Fsp3) is 0.333. The summed E-state index contributed by atoms with van der Waals surface area (Å²) in [6, 6.07) is 13.7. The van der Waals surface area contributed by atoms with E-state index in [2.05, 4.69) is 11.0 Å². The number of halogens is 2. The van der Waals surface area contributed by atoms with E-state index in [-0.39, 0.29) is 18.3 Å². The second kappa shape index (κ2) is 10.7. The van der Waals surface area contributed by atoms with Crippen molar-refractivity contribution in [1.29, 1.82) is 0 Å². The van der Waals surface area contributed by atoms with E-state index in [4.69, 9.17) is 32.7 Å². The van der Waals surface area contributed by atoms with E-state index < -0.39 is 0 Å². The molecule has 0 N–H and O–H groups in total. The number of para-hydroxylation sites is 2. The van der Waals surface area contributed by atoms with Gasteiger partial charge in [-0.05, 0) is 61.4 Å². The number of carbonyl (C=O) groups excluding carboxylic acids is 2. The minimum Gasteiger partial charge on any atom is -0.466 e. The fourth-order valence-corrected chi connectivity index (χ4v) is 5.68. The van der Waals surface area contributed by atoms with Gasteiger partial charge in [-0.15, -0.1) is 11.3 Å². The van der Waals surface area contributed by atoms with Crippen LogP contribution in [0.3, 0.4) is 0 Å². The predicted octanol–water partition coefficient (Wildman–Crippen LogP) is 6.97. The van der Waals surface area contributed by atoms with E-state index in [0.717, 1.165) is 23.5 Å². The number of amides is 1. The molecule has 3 aromatic rings. The monoisotopic (exact) mass is 544 g/mol. The summed E-state index contributed by atoms with van der Waals surface area (Å²) in [7, 11) is 0. The van der Waals surface area contributed by atoms with Gasteiger partial charge in [0.25, 0.3) is 5.91 Å². The lowest BCUT2D eigenvalue weighted by Gasteiger charge is -2.37. The Bertz CT molecular complexity index is 1290. The zero-order valence-electron chi connectivity index (χ0n) is 19.8. The lowest BCUT2D eigenvalue weighted by atomic mass is 10.1. The second-order valence-corrected chi connectivity index (χ2v) is 10.5. The van der Waals surface area contributed by atoms with Crippen molar-refractivity contribution < 1.29 is 19.1 Å². The Morgan fingerprint density at radius 1 is 1.03 bits per heavy atom. The summed E-state index contributed by atoms with van der Waals surface area (Å²) >= 11 is 14.3. The number of hydrogen-bond donors (Lipinski definition) is 0. The number of rotatable bonds is 8. The summed E-state index contributed by atoms with van der Waals surface area (Å²) in [5.41, 5.74) is 2.76. The summed E-state index contributed by atoms with van der Waals surface area (Å²) in [6.45, 7) is 3.53. The van der Waals surface area contributed by atoms with Crippen LogP contribution >= 0.6 is 34.5 Å². The van der Waals surface area contributed by atoms with E-state index in [1.807, 2.05) is 28.5 Å². The molecule has 1 saturated carbocycles. The molecule has 5 rings (SSSR count). The quantitative estimate of drug-likeness (QED) is 0.286. The van der Waals surface area contributed by atoms with Gasteiger partial charge in [0.2, 0.25) is 0 Å². The van der Waals surface area contributed by atoms with Gasteiger partial charge in [-0.1, -0.05) is 35.3 Å². The molecule has 0 atom stereocenters. The van der Waals surface area contributed by atoms with Crippen molar-refractivity contribution in [3.8, 4) is 11.5 Å². The first-order chi connectivity index (χ1) is 17.5. The topological polar surface area (TPSA) is 59.1 Å². The first-order valence-corrected chi connectivity index (χ1v) is 13.7. The summed E-state index contributed by atoms with van der Waals surface area (Å²) in [5.74, 6) is 0.402. The molecule has 1 aromatic heterocycles. The molecule has 2 aliphatic rings. The van der Waals surface area contributed by atoms with Gasteiger partial charge >= 0.3 is 5.97 Å². The molecule has 188 valence electrons. The van der Waals surface area contributed by atoms with Crippen molar-refractivity contribution in [2.24, 2.45) is 0 Å². The highest BCUT2D eigenvalue weighted by Gasteiger charge is 2.36. The molecule has 0 unspecified atom stereocenters.